The zero-order valence-electron chi connectivity index (χ0n) is 19.0. The third-order valence-corrected chi connectivity index (χ3v) is 6.33. The van der Waals surface area contributed by atoms with E-state index >= 15 is 0 Å². The monoisotopic (exact) mass is 501 g/mol. The molecular formula is C24H28ClF4N3S. The second-order valence-electron chi connectivity index (χ2n) is 9.83. The van der Waals surface area contributed by atoms with Crippen LogP contribution in [0, 0.1) is 5.82 Å². The minimum atomic E-state index is -4.58. The van der Waals surface area contributed by atoms with Crippen molar-refractivity contribution in [2.75, 3.05) is 5.32 Å². The van der Waals surface area contributed by atoms with Crippen LogP contribution >= 0.6 is 23.8 Å². The van der Waals surface area contributed by atoms with E-state index in [9.17, 15) is 17.6 Å². The van der Waals surface area contributed by atoms with Gasteiger partial charge in [0.15, 0.2) is 5.11 Å². The van der Waals surface area contributed by atoms with Crippen molar-refractivity contribution in [2.45, 2.75) is 70.4 Å². The molecule has 0 aliphatic carbocycles. The van der Waals surface area contributed by atoms with Crippen molar-refractivity contribution in [3.63, 3.8) is 0 Å². The van der Waals surface area contributed by atoms with E-state index in [1.54, 1.807) is 12.1 Å². The maximum Gasteiger partial charge on any atom is 0.417 e. The summed E-state index contributed by atoms with van der Waals surface area (Å²) in [4.78, 5) is 1.98. The molecule has 3 rings (SSSR count). The number of anilines is 1. The van der Waals surface area contributed by atoms with Crippen LogP contribution in [0.3, 0.4) is 0 Å². The van der Waals surface area contributed by atoms with Crippen molar-refractivity contribution < 1.29 is 17.6 Å². The molecule has 1 aliphatic rings. The first-order chi connectivity index (χ1) is 15.2. The number of benzene rings is 2. The molecule has 0 radical (unpaired) electrons. The van der Waals surface area contributed by atoms with E-state index in [2.05, 4.69) is 38.3 Å². The fourth-order valence-corrected chi connectivity index (χ4v) is 5.21. The zero-order valence-corrected chi connectivity index (χ0v) is 20.6. The van der Waals surface area contributed by atoms with Gasteiger partial charge in [-0.2, -0.15) is 13.2 Å². The highest BCUT2D eigenvalue weighted by atomic mass is 35.5. The third-order valence-electron chi connectivity index (χ3n) is 5.66. The molecule has 33 heavy (non-hydrogen) atoms. The molecule has 1 fully saturated rings. The van der Waals surface area contributed by atoms with Crippen molar-refractivity contribution in [2.24, 2.45) is 0 Å². The van der Waals surface area contributed by atoms with E-state index in [4.69, 9.17) is 23.8 Å². The molecule has 2 aromatic rings. The number of nitrogens with zero attached hydrogens (tertiary/aromatic N) is 1. The molecule has 0 bridgehead atoms. The average Bonchev–Trinajstić information content (AvgIpc) is 2.65. The smallest absolute Gasteiger partial charge is 0.342 e. The Hall–Kier alpha value is -1.90. The fraction of sp³-hybridized carbons (Fsp3) is 0.458. The van der Waals surface area contributed by atoms with E-state index in [0.717, 1.165) is 24.5 Å². The number of alkyl halides is 3. The summed E-state index contributed by atoms with van der Waals surface area (Å²) in [5.41, 5.74) is -0.221. The first-order valence-electron chi connectivity index (χ1n) is 10.6. The van der Waals surface area contributed by atoms with Crippen molar-refractivity contribution >= 4 is 34.6 Å². The molecule has 0 unspecified atom stereocenters. The normalized spacial score (nSPS) is 18.1. The van der Waals surface area contributed by atoms with Gasteiger partial charge in [-0.1, -0.05) is 23.7 Å². The van der Waals surface area contributed by atoms with Crippen LogP contribution in [-0.2, 0) is 12.7 Å². The van der Waals surface area contributed by atoms with Gasteiger partial charge in [-0.15, -0.1) is 0 Å². The number of rotatable bonds is 4. The second kappa shape index (κ2) is 9.39. The lowest BCUT2D eigenvalue weighted by Gasteiger charge is -2.50. The van der Waals surface area contributed by atoms with Gasteiger partial charge in [0, 0.05) is 29.4 Å². The van der Waals surface area contributed by atoms with Crippen LogP contribution in [0.1, 0.15) is 51.7 Å². The Kier molecular flexibility index (Phi) is 7.32. The summed E-state index contributed by atoms with van der Waals surface area (Å²) in [6, 6.07) is 9.78. The molecule has 0 spiro atoms. The molecule has 0 amide bonds. The summed E-state index contributed by atoms with van der Waals surface area (Å²) in [5.74, 6) is -0.337. The highest BCUT2D eigenvalue weighted by molar-refractivity contribution is 7.80. The zero-order chi connectivity index (χ0) is 24.6. The minimum Gasteiger partial charge on any atom is -0.342 e. The molecule has 1 heterocycles. The Morgan fingerprint density at radius 1 is 1.09 bits per heavy atom. The Balaban J connectivity index is 1.92. The predicted molar refractivity (Wildman–Crippen MR) is 129 cm³/mol. The first kappa shape index (κ1) is 25.7. The maximum absolute atomic E-state index is 13.4. The summed E-state index contributed by atoms with van der Waals surface area (Å²) in [6.07, 6.45) is -3.03. The predicted octanol–water partition coefficient (Wildman–Crippen LogP) is 7.01. The maximum atomic E-state index is 13.4. The first-order valence-corrected chi connectivity index (χ1v) is 11.4. The Bertz CT molecular complexity index is 990. The quantitative estimate of drug-likeness (QED) is 0.348. The molecule has 1 saturated heterocycles. The highest BCUT2D eigenvalue weighted by Crippen LogP contribution is 2.37. The van der Waals surface area contributed by atoms with Crippen LogP contribution in [0.5, 0.6) is 0 Å². The number of hydrogen-bond acceptors (Lipinski definition) is 2. The lowest BCUT2D eigenvalue weighted by atomic mass is 9.79. The van der Waals surface area contributed by atoms with Crippen molar-refractivity contribution in [1.82, 2.24) is 10.2 Å². The number of nitrogens with one attached hydrogen (secondary N) is 2. The van der Waals surface area contributed by atoms with Crippen LogP contribution in [0.2, 0.25) is 5.02 Å². The molecule has 2 N–H and O–H groups in total. The van der Waals surface area contributed by atoms with Gasteiger partial charge >= 0.3 is 6.18 Å². The van der Waals surface area contributed by atoms with Crippen LogP contribution in [0.25, 0.3) is 0 Å². The molecule has 0 saturated carbocycles. The number of hydrogen-bond donors (Lipinski definition) is 2. The van der Waals surface area contributed by atoms with E-state index in [1.165, 1.54) is 24.3 Å². The molecule has 3 nitrogen and oxygen atoms in total. The fourth-order valence-electron chi connectivity index (χ4n) is 4.66. The minimum absolute atomic E-state index is 0.00990. The Labute approximate surface area is 202 Å². The number of thiocarbonyl (C=S) groups is 1. The van der Waals surface area contributed by atoms with E-state index in [1.807, 2.05) is 4.90 Å². The van der Waals surface area contributed by atoms with Gasteiger partial charge in [0.2, 0.25) is 0 Å². The lowest BCUT2D eigenvalue weighted by molar-refractivity contribution is -0.137. The van der Waals surface area contributed by atoms with Crippen LogP contribution in [0.4, 0.5) is 23.2 Å². The lowest BCUT2D eigenvalue weighted by Crippen LogP contribution is -2.63. The van der Waals surface area contributed by atoms with Gasteiger partial charge in [0.05, 0.1) is 10.6 Å². The highest BCUT2D eigenvalue weighted by Gasteiger charge is 2.41. The topological polar surface area (TPSA) is 27.3 Å². The second-order valence-corrected chi connectivity index (χ2v) is 10.6. The van der Waals surface area contributed by atoms with Crippen LogP contribution in [-0.4, -0.2) is 27.1 Å². The van der Waals surface area contributed by atoms with E-state index in [0.29, 0.717) is 11.7 Å². The largest absolute Gasteiger partial charge is 0.417 e. The number of piperidine rings is 1. The molecule has 2 aromatic carbocycles. The average molecular weight is 502 g/mol. The molecule has 1 aliphatic heterocycles. The summed E-state index contributed by atoms with van der Waals surface area (Å²) in [7, 11) is 0. The van der Waals surface area contributed by atoms with Crippen molar-refractivity contribution in [1.29, 1.82) is 0 Å². The van der Waals surface area contributed by atoms with E-state index in [-0.39, 0.29) is 33.6 Å². The molecule has 180 valence electrons. The van der Waals surface area contributed by atoms with Gasteiger partial charge in [0.1, 0.15) is 5.82 Å². The molecule has 0 atom stereocenters. The van der Waals surface area contributed by atoms with Gasteiger partial charge in [-0.25, -0.2) is 4.39 Å². The summed E-state index contributed by atoms with van der Waals surface area (Å²) >= 11 is 11.4. The molecular weight excluding hydrogens is 474 g/mol. The van der Waals surface area contributed by atoms with Crippen molar-refractivity contribution in [3.05, 3.63) is 64.4 Å². The van der Waals surface area contributed by atoms with Gasteiger partial charge in [0.25, 0.3) is 0 Å². The van der Waals surface area contributed by atoms with Crippen molar-refractivity contribution in [3.8, 4) is 0 Å². The van der Waals surface area contributed by atoms with E-state index < -0.39 is 11.7 Å². The standard InChI is InChI=1S/C24H28ClF4N3S/c1-22(2)12-18(13-23(3,4)31-22)32(14-15-5-7-16(26)8-6-15)21(33)30-17-9-10-20(25)19(11-17)24(27,28)29/h5-11,18,31H,12-14H2,1-4H3,(H,30,33). The van der Waals surface area contributed by atoms with Crippen LogP contribution < -0.4 is 10.6 Å². The molecule has 0 aromatic heterocycles. The van der Waals surface area contributed by atoms with Gasteiger partial charge < -0.3 is 15.5 Å². The summed E-state index contributed by atoms with van der Waals surface area (Å²) in [6.45, 7) is 8.84. The van der Waals surface area contributed by atoms with Gasteiger partial charge in [-0.05, 0) is 88.6 Å². The number of halogens is 5. The summed E-state index contributed by atoms with van der Waals surface area (Å²) in [5, 5.41) is 6.53. The SMILES string of the molecule is CC1(C)CC(N(Cc2ccc(F)cc2)C(=S)Nc2ccc(Cl)c(C(F)(F)F)c2)CC(C)(C)N1. The van der Waals surface area contributed by atoms with Gasteiger partial charge in [-0.3, -0.25) is 0 Å². The summed E-state index contributed by atoms with van der Waals surface area (Å²) < 4.78 is 53.4. The Morgan fingerprint density at radius 3 is 2.21 bits per heavy atom. The third kappa shape index (κ3) is 6.80. The Morgan fingerprint density at radius 2 is 1.67 bits per heavy atom. The van der Waals surface area contributed by atoms with Crippen LogP contribution in [0.15, 0.2) is 42.5 Å². The molecule has 9 heteroatoms.